The first-order chi connectivity index (χ1) is 8.61. The zero-order valence-electron chi connectivity index (χ0n) is 12.6. The fourth-order valence-electron chi connectivity index (χ4n) is 2.04. The Bertz CT molecular complexity index is 259. The van der Waals surface area contributed by atoms with Crippen LogP contribution in [0, 0.1) is 0 Å². The average Bonchev–Trinajstić information content (AvgIpc) is 2.54. The van der Waals surface area contributed by atoms with Crippen LogP contribution in [0.25, 0.3) is 0 Å². The molecule has 5 nitrogen and oxygen atoms in total. The maximum atomic E-state index is 5.83. The number of nitrogens with two attached hydrogens (primary N) is 1. The maximum Gasteiger partial charge on any atom is 0.188 e. The molecule has 1 rings (SSSR count). The van der Waals surface area contributed by atoms with E-state index in [1.165, 1.54) is 19.5 Å². The minimum atomic E-state index is 0. The molecule has 0 aromatic carbocycles. The van der Waals surface area contributed by atoms with E-state index < -0.39 is 0 Å². The van der Waals surface area contributed by atoms with E-state index in [0.29, 0.717) is 12.0 Å². The van der Waals surface area contributed by atoms with E-state index in [-0.39, 0.29) is 24.0 Å². The van der Waals surface area contributed by atoms with Gasteiger partial charge >= 0.3 is 0 Å². The van der Waals surface area contributed by atoms with E-state index in [1.54, 1.807) is 0 Å². The topological polar surface area (TPSA) is 56.9 Å². The average molecular weight is 383 g/mol. The van der Waals surface area contributed by atoms with Gasteiger partial charge in [0.05, 0.1) is 6.54 Å². The van der Waals surface area contributed by atoms with Crippen molar-refractivity contribution in [3.8, 4) is 0 Å². The second-order valence-corrected chi connectivity index (χ2v) is 5.22. The molecule has 114 valence electrons. The van der Waals surface area contributed by atoms with Crippen molar-refractivity contribution < 1.29 is 0 Å². The van der Waals surface area contributed by atoms with Crippen LogP contribution in [0.2, 0.25) is 0 Å². The summed E-state index contributed by atoms with van der Waals surface area (Å²) in [6.07, 6.45) is 2.31. The van der Waals surface area contributed by atoms with Gasteiger partial charge in [-0.2, -0.15) is 0 Å². The minimum Gasteiger partial charge on any atom is -0.370 e. The Morgan fingerprint density at radius 1 is 1.32 bits per heavy atom. The summed E-state index contributed by atoms with van der Waals surface area (Å²) in [7, 11) is 2.19. The zero-order chi connectivity index (χ0) is 13.4. The highest BCUT2D eigenvalue weighted by atomic mass is 127. The normalized spacial score (nSPS) is 20.5. The molecule has 1 atom stereocenters. The monoisotopic (exact) mass is 383 g/mol. The predicted molar refractivity (Wildman–Crippen MR) is 93.3 cm³/mol. The summed E-state index contributed by atoms with van der Waals surface area (Å²) in [5, 5.41) is 3.19. The first-order valence-electron chi connectivity index (χ1n) is 7.09. The molecule has 0 amide bonds. The molecule has 0 aromatic rings. The van der Waals surface area contributed by atoms with E-state index in [4.69, 9.17) is 5.73 Å². The van der Waals surface area contributed by atoms with Gasteiger partial charge in [-0.3, -0.25) is 4.99 Å². The van der Waals surface area contributed by atoms with Crippen LogP contribution in [0.15, 0.2) is 4.99 Å². The van der Waals surface area contributed by atoms with Crippen LogP contribution in [0.1, 0.15) is 26.7 Å². The van der Waals surface area contributed by atoms with Crippen LogP contribution in [-0.2, 0) is 0 Å². The van der Waals surface area contributed by atoms with Gasteiger partial charge in [0, 0.05) is 25.7 Å². The summed E-state index contributed by atoms with van der Waals surface area (Å²) in [5.41, 5.74) is 5.83. The maximum absolute atomic E-state index is 5.83. The third-order valence-electron chi connectivity index (χ3n) is 3.52. The van der Waals surface area contributed by atoms with E-state index in [9.17, 15) is 0 Å². The molecule has 0 aliphatic carbocycles. The van der Waals surface area contributed by atoms with E-state index >= 15 is 0 Å². The molecule has 1 fully saturated rings. The van der Waals surface area contributed by atoms with Gasteiger partial charge < -0.3 is 20.9 Å². The highest BCUT2D eigenvalue weighted by molar-refractivity contribution is 14.0. The van der Waals surface area contributed by atoms with Gasteiger partial charge in [0.2, 0.25) is 0 Å². The van der Waals surface area contributed by atoms with Crippen molar-refractivity contribution in [2.45, 2.75) is 32.7 Å². The molecule has 0 radical (unpaired) electrons. The summed E-state index contributed by atoms with van der Waals surface area (Å²) in [6, 6.07) is 0.403. The Morgan fingerprint density at radius 3 is 2.74 bits per heavy atom. The van der Waals surface area contributed by atoms with Gasteiger partial charge in [-0.1, -0.05) is 6.92 Å². The molecule has 3 N–H and O–H groups in total. The fourth-order valence-corrected chi connectivity index (χ4v) is 2.04. The number of nitrogens with zero attached hydrogens (tertiary/aromatic N) is 3. The Balaban J connectivity index is 0.00000324. The van der Waals surface area contributed by atoms with Gasteiger partial charge in [-0.05, 0) is 39.9 Å². The second-order valence-electron chi connectivity index (χ2n) is 5.22. The lowest BCUT2D eigenvalue weighted by Crippen LogP contribution is -2.39. The lowest BCUT2D eigenvalue weighted by molar-refractivity contribution is 0.283. The molecule has 6 heteroatoms. The van der Waals surface area contributed by atoms with Gasteiger partial charge in [0.1, 0.15) is 0 Å². The number of guanidine groups is 1. The Labute approximate surface area is 135 Å². The largest absolute Gasteiger partial charge is 0.370 e. The molecule has 0 spiro atoms. The van der Waals surface area contributed by atoms with Gasteiger partial charge in [0.25, 0.3) is 0 Å². The first-order valence-corrected chi connectivity index (χ1v) is 7.09. The molecule has 0 bridgehead atoms. The van der Waals surface area contributed by atoms with E-state index in [2.05, 4.69) is 41.0 Å². The first kappa shape index (κ1) is 18.9. The highest BCUT2D eigenvalue weighted by Gasteiger charge is 2.11. The van der Waals surface area contributed by atoms with Crippen LogP contribution in [0.3, 0.4) is 0 Å². The number of rotatable bonds is 5. The fraction of sp³-hybridized carbons (Fsp3) is 0.923. The van der Waals surface area contributed by atoms with Crippen molar-refractivity contribution in [1.29, 1.82) is 0 Å². The Kier molecular flexibility index (Phi) is 10.6. The third-order valence-corrected chi connectivity index (χ3v) is 3.52. The smallest absolute Gasteiger partial charge is 0.188 e. The number of aliphatic imine (C=N–C) groups is 1. The van der Waals surface area contributed by atoms with Crippen molar-refractivity contribution in [2.24, 2.45) is 10.7 Å². The van der Waals surface area contributed by atoms with Crippen molar-refractivity contribution >= 4 is 29.9 Å². The highest BCUT2D eigenvalue weighted by Crippen LogP contribution is 2.00. The molecular formula is C13H30IN5. The van der Waals surface area contributed by atoms with Gasteiger partial charge in [0.15, 0.2) is 5.96 Å². The number of hydrogen-bond donors (Lipinski definition) is 2. The van der Waals surface area contributed by atoms with Crippen molar-refractivity contribution in [2.75, 3.05) is 46.3 Å². The number of hydrogen-bond acceptors (Lipinski definition) is 3. The summed E-state index contributed by atoms with van der Waals surface area (Å²) < 4.78 is 0. The van der Waals surface area contributed by atoms with Crippen LogP contribution in [0.4, 0.5) is 0 Å². The molecule has 0 aromatic heterocycles. The summed E-state index contributed by atoms with van der Waals surface area (Å²) >= 11 is 0. The second kappa shape index (κ2) is 10.7. The molecule has 1 unspecified atom stereocenters. The molecule has 1 aliphatic heterocycles. The minimum absolute atomic E-state index is 0. The van der Waals surface area contributed by atoms with Crippen LogP contribution >= 0.6 is 24.0 Å². The lowest BCUT2D eigenvalue weighted by atomic mass is 10.3. The van der Waals surface area contributed by atoms with Gasteiger partial charge in [-0.25, -0.2) is 0 Å². The Morgan fingerprint density at radius 2 is 2.05 bits per heavy atom. The van der Waals surface area contributed by atoms with Crippen molar-refractivity contribution in [3.63, 3.8) is 0 Å². The molecule has 1 heterocycles. The lowest BCUT2D eigenvalue weighted by Gasteiger charge is -2.19. The number of halogens is 1. The SMILES string of the molecule is CCC(C)NC(N)=NCCN1CCCN(C)CC1.I. The summed E-state index contributed by atoms with van der Waals surface area (Å²) in [6.45, 7) is 10.7. The van der Waals surface area contributed by atoms with Crippen LogP contribution in [0.5, 0.6) is 0 Å². The third kappa shape index (κ3) is 8.65. The standard InChI is InChI=1S/C13H29N5.HI/c1-4-12(2)16-13(14)15-6-9-18-8-5-7-17(3)10-11-18;/h12H,4-11H2,1-3H3,(H3,14,15,16);1H. The molecule has 0 saturated carbocycles. The Hall–Kier alpha value is -0.0800. The summed E-state index contributed by atoms with van der Waals surface area (Å²) in [5.74, 6) is 0.580. The summed E-state index contributed by atoms with van der Waals surface area (Å²) in [4.78, 5) is 9.25. The van der Waals surface area contributed by atoms with Crippen molar-refractivity contribution in [1.82, 2.24) is 15.1 Å². The van der Waals surface area contributed by atoms with Gasteiger partial charge in [-0.15, -0.1) is 24.0 Å². The molecule has 1 aliphatic rings. The molecule has 19 heavy (non-hydrogen) atoms. The van der Waals surface area contributed by atoms with E-state index in [0.717, 1.165) is 32.6 Å². The van der Waals surface area contributed by atoms with Crippen LogP contribution < -0.4 is 11.1 Å². The van der Waals surface area contributed by atoms with E-state index in [1.807, 2.05) is 0 Å². The quantitative estimate of drug-likeness (QED) is 0.422. The van der Waals surface area contributed by atoms with Crippen molar-refractivity contribution in [3.05, 3.63) is 0 Å². The number of nitrogens with one attached hydrogen (secondary N) is 1. The predicted octanol–water partition coefficient (Wildman–Crippen LogP) is 0.945. The molecular weight excluding hydrogens is 353 g/mol. The molecule has 1 saturated heterocycles. The van der Waals surface area contributed by atoms with Crippen LogP contribution in [-0.4, -0.2) is 68.1 Å². The zero-order valence-corrected chi connectivity index (χ0v) is 14.9. The number of likely N-dealkylation sites (N-methyl/N-ethyl adjacent to an activating group) is 1.